The molecule has 0 N–H and O–H groups in total. The number of carbonyl (C=O) groups excluding carboxylic acids is 1. The molecule has 0 aromatic carbocycles. The van der Waals surface area contributed by atoms with Crippen molar-refractivity contribution in [1.29, 1.82) is 0 Å². The normalized spacial score (nSPS) is 25.1. The molecule has 1 aliphatic heterocycles. The zero-order valence-corrected chi connectivity index (χ0v) is 10.3. The molecule has 0 radical (unpaired) electrons. The Morgan fingerprint density at radius 1 is 1.47 bits per heavy atom. The third-order valence-electron chi connectivity index (χ3n) is 2.94. The monoisotopic (exact) mass is 234 g/mol. The van der Waals surface area contributed by atoms with Gasteiger partial charge in [-0.15, -0.1) is 0 Å². The average molecular weight is 234 g/mol. The third kappa shape index (κ3) is 2.71. The second kappa shape index (κ2) is 4.12. The van der Waals surface area contributed by atoms with Gasteiger partial charge in [0.1, 0.15) is 0 Å². The van der Waals surface area contributed by atoms with Crippen LogP contribution in [0.15, 0.2) is 0 Å². The topological polar surface area (TPSA) is 60.4 Å². The summed E-state index contributed by atoms with van der Waals surface area (Å²) in [6, 6.07) is 0. The fourth-order valence-corrected chi connectivity index (χ4v) is 2.91. The zero-order chi connectivity index (χ0) is 11.7. The Morgan fingerprint density at radius 2 is 2.07 bits per heavy atom. The van der Waals surface area contributed by atoms with Crippen LogP contribution in [0.4, 0.5) is 0 Å². The highest BCUT2D eigenvalue weighted by atomic mass is 32.2. The van der Waals surface area contributed by atoms with E-state index in [1.165, 1.54) is 0 Å². The molecular weight excluding hydrogens is 216 g/mol. The first-order valence-corrected chi connectivity index (χ1v) is 6.94. The number of rotatable bonds is 3. The Balaban J connectivity index is 2.68. The molecule has 1 saturated heterocycles. The Labute approximate surface area is 90.9 Å². The van der Waals surface area contributed by atoms with Crippen LogP contribution < -0.4 is 0 Å². The Bertz CT molecular complexity index is 342. The van der Waals surface area contributed by atoms with E-state index in [0.717, 1.165) is 0 Å². The average Bonchev–Trinajstić information content (AvgIpc) is 2.46. The van der Waals surface area contributed by atoms with E-state index >= 15 is 0 Å². The van der Waals surface area contributed by atoms with Gasteiger partial charge in [-0.2, -0.15) is 0 Å². The van der Waals surface area contributed by atoms with Gasteiger partial charge in [-0.25, -0.2) is 8.42 Å². The maximum Gasteiger partial charge on any atom is 0.312 e. The highest BCUT2D eigenvalue weighted by Crippen LogP contribution is 2.27. The summed E-state index contributed by atoms with van der Waals surface area (Å²) < 4.78 is 27.9. The summed E-state index contributed by atoms with van der Waals surface area (Å²) in [5, 5.41) is 0. The molecule has 88 valence electrons. The maximum absolute atomic E-state index is 11.7. The SMILES string of the molecule is CCC(C)(C)C(=O)OC1CCCS1(=O)=O. The molecule has 0 aromatic rings. The summed E-state index contributed by atoms with van der Waals surface area (Å²) in [7, 11) is -3.19. The molecule has 0 spiro atoms. The van der Waals surface area contributed by atoms with Gasteiger partial charge in [0.15, 0.2) is 9.84 Å². The highest BCUT2D eigenvalue weighted by Gasteiger charge is 2.38. The van der Waals surface area contributed by atoms with Crippen LogP contribution >= 0.6 is 0 Å². The van der Waals surface area contributed by atoms with Crippen molar-refractivity contribution < 1.29 is 17.9 Å². The molecule has 5 heteroatoms. The van der Waals surface area contributed by atoms with Gasteiger partial charge in [0, 0.05) is 0 Å². The molecule has 15 heavy (non-hydrogen) atoms. The van der Waals surface area contributed by atoms with E-state index in [9.17, 15) is 13.2 Å². The van der Waals surface area contributed by atoms with Crippen molar-refractivity contribution >= 4 is 15.8 Å². The van der Waals surface area contributed by atoms with Crippen molar-refractivity contribution in [3.05, 3.63) is 0 Å². The lowest BCUT2D eigenvalue weighted by atomic mass is 9.91. The molecule has 1 heterocycles. The van der Waals surface area contributed by atoms with Gasteiger partial charge in [-0.1, -0.05) is 6.92 Å². The number of hydrogen-bond donors (Lipinski definition) is 0. The van der Waals surface area contributed by atoms with Gasteiger partial charge in [0.05, 0.1) is 11.2 Å². The third-order valence-corrected chi connectivity index (χ3v) is 4.93. The molecule has 0 bridgehead atoms. The quantitative estimate of drug-likeness (QED) is 0.694. The lowest BCUT2D eigenvalue weighted by Gasteiger charge is -2.22. The predicted octanol–water partition coefficient (Wildman–Crippen LogP) is 1.50. The fourth-order valence-electron chi connectivity index (χ4n) is 1.32. The first kappa shape index (κ1) is 12.5. The van der Waals surface area contributed by atoms with E-state index in [0.29, 0.717) is 19.3 Å². The summed E-state index contributed by atoms with van der Waals surface area (Å²) in [5.41, 5.74) is -1.51. The Hall–Kier alpha value is -0.580. The van der Waals surface area contributed by atoms with Gasteiger partial charge in [-0.3, -0.25) is 4.79 Å². The standard InChI is InChI=1S/C10H18O4S/c1-4-10(2,3)9(11)14-8-6-5-7-15(8,12)13/h8H,4-7H2,1-3H3. The summed E-state index contributed by atoms with van der Waals surface area (Å²) in [6.45, 7) is 5.40. The number of ether oxygens (including phenoxy) is 1. The minimum atomic E-state index is -3.19. The smallest absolute Gasteiger partial charge is 0.312 e. The molecule has 1 fully saturated rings. The van der Waals surface area contributed by atoms with E-state index in [4.69, 9.17) is 4.74 Å². The number of sulfone groups is 1. The maximum atomic E-state index is 11.7. The zero-order valence-electron chi connectivity index (χ0n) is 9.45. The molecule has 0 saturated carbocycles. The van der Waals surface area contributed by atoms with Crippen LogP contribution in [0.2, 0.25) is 0 Å². The van der Waals surface area contributed by atoms with Crippen molar-refractivity contribution in [1.82, 2.24) is 0 Å². The second-order valence-corrected chi connectivity index (χ2v) is 6.84. The van der Waals surface area contributed by atoms with Gasteiger partial charge >= 0.3 is 5.97 Å². The first-order valence-electron chi connectivity index (χ1n) is 5.22. The molecule has 0 aromatic heterocycles. The van der Waals surface area contributed by atoms with Crippen LogP contribution in [-0.2, 0) is 19.4 Å². The van der Waals surface area contributed by atoms with Crippen molar-refractivity contribution in [2.24, 2.45) is 5.41 Å². The van der Waals surface area contributed by atoms with Gasteiger partial charge in [-0.05, 0) is 33.1 Å². The minimum absolute atomic E-state index is 0.136. The van der Waals surface area contributed by atoms with E-state index < -0.39 is 26.7 Å². The second-order valence-electron chi connectivity index (χ2n) is 4.58. The van der Waals surface area contributed by atoms with Crippen LogP contribution in [-0.4, -0.2) is 25.6 Å². The molecule has 0 aliphatic carbocycles. The van der Waals surface area contributed by atoms with Crippen molar-refractivity contribution in [3.63, 3.8) is 0 Å². The largest absolute Gasteiger partial charge is 0.446 e. The summed E-state index contributed by atoms with van der Waals surface area (Å²) >= 11 is 0. The summed E-state index contributed by atoms with van der Waals surface area (Å²) in [4.78, 5) is 11.7. The molecule has 1 aliphatic rings. The van der Waals surface area contributed by atoms with Crippen LogP contribution in [0.5, 0.6) is 0 Å². The fraction of sp³-hybridized carbons (Fsp3) is 0.900. The number of hydrogen-bond acceptors (Lipinski definition) is 4. The minimum Gasteiger partial charge on any atom is -0.446 e. The van der Waals surface area contributed by atoms with Gasteiger partial charge in [0.2, 0.25) is 5.44 Å². The summed E-state index contributed by atoms with van der Waals surface area (Å²) in [5.74, 6) is -0.280. The van der Waals surface area contributed by atoms with Crippen molar-refractivity contribution in [3.8, 4) is 0 Å². The van der Waals surface area contributed by atoms with Crippen molar-refractivity contribution in [2.75, 3.05) is 5.75 Å². The van der Waals surface area contributed by atoms with E-state index in [1.54, 1.807) is 13.8 Å². The van der Waals surface area contributed by atoms with E-state index in [-0.39, 0.29) is 5.75 Å². The predicted molar refractivity (Wildman–Crippen MR) is 57.0 cm³/mol. The molecule has 4 nitrogen and oxygen atoms in total. The van der Waals surface area contributed by atoms with Gasteiger partial charge in [0.25, 0.3) is 0 Å². The molecular formula is C10H18O4S. The lowest BCUT2D eigenvalue weighted by molar-refractivity contribution is -0.156. The number of esters is 1. The number of carbonyl (C=O) groups is 1. The van der Waals surface area contributed by atoms with E-state index in [2.05, 4.69) is 0 Å². The lowest BCUT2D eigenvalue weighted by Crippen LogP contribution is -2.32. The highest BCUT2D eigenvalue weighted by molar-refractivity contribution is 7.92. The first-order chi connectivity index (χ1) is 6.79. The van der Waals surface area contributed by atoms with Crippen LogP contribution in [0, 0.1) is 5.41 Å². The van der Waals surface area contributed by atoms with Crippen LogP contribution in [0.1, 0.15) is 40.0 Å². The Kier molecular flexibility index (Phi) is 3.43. The van der Waals surface area contributed by atoms with E-state index in [1.807, 2.05) is 6.92 Å². The van der Waals surface area contributed by atoms with Crippen molar-refractivity contribution in [2.45, 2.75) is 45.5 Å². The molecule has 1 atom stereocenters. The Morgan fingerprint density at radius 3 is 2.47 bits per heavy atom. The van der Waals surface area contributed by atoms with Gasteiger partial charge < -0.3 is 4.74 Å². The van der Waals surface area contributed by atoms with Crippen LogP contribution in [0.25, 0.3) is 0 Å². The molecule has 1 unspecified atom stereocenters. The van der Waals surface area contributed by atoms with Crippen LogP contribution in [0.3, 0.4) is 0 Å². The molecule has 1 rings (SSSR count). The molecule has 0 amide bonds. The summed E-state index contributed by atoms with van der Waals surface area (Å²) in [6.07, 6.45) is 1.67.